The number of aryl methyl sites for hydroxylation is 1. The standard InChI is InChI=1S/C24H28ClF3N4O7S/c1-4-31-12-19(21(25)30-31)40(36,37)32-11-18(15(10-20(33)34)13-5-6-13)38-17-8-7-14(9-16(17)32)29-22(35)39-23(2,3)24(26,27)28/h7-9,12-13,15,18H,4-6,10-11H2,1-3H3,(H,29,35)(H,33,34)/t15-,18-/m1/s1. The van der Waals surface area contributed by atoms with Crippen LogP contribution in [0.15, 0.2) is 29.3 Å². The maximum atomic E-state index is 13.9. The van der Waals surface area contributed by atoms with Gasteiger partial charge >= 0.3 is 18.2 Å². The monoisotopic (exact) mass is 608 g/mol. The van der Waals surface area contributed by atoms with E-state index in [0.29, 0.717) is 20.4 Å². The summed E-state index contributed by atoms with van der Waals surface area (Å²) in [5.74, 6) is -1.40. The zero-order valence-corrected chi connectivity index (χ0v) is 23.3. The van der Waals surface area contributed by atoms with E-state index in [9.17, 15) is 36.3 Å². The highest BCUT2D eigenvalue weighted by Gasteiger charge is 2.51. The second-order valence-electron chi connectivity index (χ2n) is 10.1. The van der Waals surface area contributed by atoms with E-state index >= 15 is 0 Å². The van der Waals surface area contributed by atoms with Crippen LogP contribution in [-0.4, -0.2) is 59.8 Å². The van der Waals surface area contributed by atoms with Crippen LogP contribution in [0.1, 0.15) is 40.0 Å². The molecule has 0 unspecified atom stereocenters. The van der Waals surface area contributed by atoms with Crippen molar-refractivity contribution in [2.45, 2.75) is 69.4 Å². The lowest BCUT2D eigenvalue weighted by molar-refractivity contribution is -0.242. The van der Waals surface area contributed by atoms with Crippen LogP contribution in [0.2, 0.25) is 5.15 Å². The Morgan fingerprint density at radius 3 is 2.52 bits per heavy atom. The lowest BCUT2D eigenvalue weighted by atomic mass is 9.92. The van der Waals surface area contributed by atoms with Crippen LogP contribution in [0.3, 0.4) is 0 Å². The molecule has 1 amide bonds. The summed E-state index contributed by atoms with van der Waals surface area (Å²) in [7, 11) is -4.39. The number of nitrogens with zero attached hydrogens (tertiary/aromatic N) is 3. The van der Waals surface area contributed by atoms with Gasteiger partial charge in [0.25, 0.3) is 10.0 Å². The van der Waals surface area contributed by atoms with Gasteiger partial charge in [0.15, 0.2) is 5.15 Å². The van der Waals surface area contributed by atoms with E-state index in [0.717, 1.165) is 17.1 Å². The Hall–Kier alpha value is -3.20. The van der Waals surface area contributed by atoms with Crippen molar-refractivity contribution in [3.05, 3.63) is 29.5 Å². The first-order valence-corrected chi connectivity index (χ1v) is 14.2. The smallest absolute Gasteiger partial charge is 0.427 e. The zero-order valence-electron chi connectivity index (χ0n) is 21.7. The number of ether oxygens (including phenoxy) is 2. The predicted molar refractivity (Wildman–Crippen MR) is 137 cm³/mol. The summed E-state index contributed by atoms with van der Waals surface area (Å²) in [5.41, 5.74) is -2.88. The van der Waals surface area contributed by atoms with Crippen LogP contribution in [0.25, 0.3) is 0 Å². The number of benzene rings is 1. The number of alkyl halides is 3. The topological polar surface area (TPSA) is 140 Å². The first-order chi connectivity index (χ1) is 18.5. The Morgan fingerprint density at radius 2 is 1.98 bits per heavy atom. The van der Waals surface area contributed by atoms with Crippen LogP contribution in [0.5, 0.6) is 5.75 Å². The van der Waals surface area contributed by atoms with Gasteiger partial charge in [-0.3, -0.25) is 19.1 Å². The third-order valence-corrected chi connectivity index (χ3v) is 8.99. The Labute approximate surface area is 233 Å². The number of fused-ring (bicyclic) bond motifs is 1. The Morgan fingerprint density at radius 1 is 1.30 bits per heavy atom. The van der Waals surface area contributed by atoms with Crippen LogP contribution < -0.4 is 14.4 Å². The Balaban J connectivity index is 1.72. The van der Waals surface area contributed by atoms with E-state index in [1.54, 1.807) is 6.92 Å². The molecule has 40 heavy (non-hydrogen) atoms. The third-order valence-electron chi connectivity index (χ3n) is 6.82. The Bertz CT molecular complexity index is 1410. The highest BCUT2D eigenvalue weighted by molar-refractivity contribution is 7.93. The summed E-state index contributed by atoms with van der Waals surface area (Å²) in [6.07, 6.45) is -4.46. The minimum atomic E-state index is -4.83. The zero-order chi connectivity index (χ0) is 29.6. The molecule has 0 saturated heterocycles. The van der Waals surface area contributed by atoms with Crippen LogP contribution >= 0.6 is 11.6 Å². The molecule has 220 valence electrons. The molecule has 1 aliphatic carbocycles. The number of carboxylic acid groups (broad SMARTS) is 1. The van der Waals surface area contributed by atoms with Crippen molar-refractivity contribution < 1.29 is 45.8 Å². The van der Waals surface area contributed by atoms with E-state index in [2.05, 4.69) is 15.2 Å². The van der Waals surface area contributed by atoms with Gasteiger partial charge < -0.3 is 14.6 Å². The lowest BCUT2D eigenvalue weighted by Gasteiger charge is -2.38. The van der Waals surface area contributed by atoms with Crippen molar-refractivity contribution in [3.63, 3.8) is 0 Å². The maximum absolute atomic E-state index is 13.9. The molecule has 1 fully saturated rings. The molecule has 1 aromatic heterocycles. The van der Waals surface area contributed by atoms with E-state index in [1.807, 2.05) is 0 Å². The second kappa shape index (κ2) is 10.7. The SMILES string of the molecule is CCn1cc(S(=O)(=O)N2C[C@H]([C@H](CC(=O)O)C3CC3)Oc3ccc(NC(=O)OC(C)(C)C(F)(F)F)cc32)c(Cl)n1. The predicted octanol–water partition coefficient (Wildman–Crippen LogP) is 4.90. The molecular weight excluding hydrogens is 581 g/mol. The molecule has 0 bridgehead atoms. The molecule has 4 rings (SSSR count). The minimum Gasteiger partial charge on any atom is -0.486 e. The number of halogens is 4. The number of carbonyl (C=O) groups is 2. The summed E-state index contributed by atoms with van der Waals surface area (Å²) < 4.78 is 80.2. The van der Waals surface area contributed by atoms with Crippen molar-refractivity contribution in [2.24, 2.45) is 11.8 Å². The number of aliphatic carboxylic acids is 1. The minimum absolute atomic E-state index is 0.0330. The number of hydrogen-bond donors (Lipinski definition) is 2. The molecule has 0 spiro atoms. The fourth-order valence-corrected chi connectivity index (χ4v) is 6.33. The van der Waals surface area contributed by atoms with Crippen molar-refractivity contribution in [1.29, 1.82) is 0 Å². The number of carboxylic acids is 1. The first kappa shape index (κ1) is 29.8. The average molecular weight is 609 g/mol. The molecule has 2 atom stereocenters. The van der Waals surface area contributed by atoms with E-state index in [-0.39, 0.29) is 46.1 Å². The third kappa shape index (κ3) is 6.09. The van der Waals surface area contributed by atoms with Gasteiger partial charge in [0.05, 0.1) is 18.7 Å². The maximum Gasteiger partial charge on any atom is 0.427 e. The number of amides is 1. The molecule has 0 radical (unpaired) electrons. The largest absolute Gasteiger partial charge is 0.486 e. The lowest BCUT2D eigenvalue weighted by Crippen LogP contribution is -2.47. The number of aromatic nitrogens is 2. The van der Waals surface area contributed by atoms with Gasteiger partial charge in [0.2, 0.25) is 5.60 Å². The number of rotatable bonds is 9. The van der Waals surface area contributed by atoms with Crippen LogP contribution in [0, 0.1) is 11.8 Å². The number of anilines is 2. The van der Waals surface area contributed by atoms with Gasteiger partial charge in [-0.05, 0) is 57.7 Å². The highest BCUT2D eigenvalue weighted by Crippen LogP contribution is 2.46. The van der Waals surface area contributed by atoms with Gasteiger partial charge in [0.1, 0.15) is 16.7 Å². The van der Waals surface area contributed by atoms with E-state index in [1.165, 1.54) is 29.1 Å². The van der Waals surface area contributed by atoms with Gasteiger partial charge in [-0.15, -0.1) is 0 Å². The fraction of sp³-hybridized carbons (Fsp3) is 0.542. The van der Waals surface area contributed by atoms with E-state index < -0.39 is 45.9 Å². The van der Waals surface area contributed by atoms with Gasteiger partial charge in [-0.2, -0.15) is 18.3 Å². The van der Waals surface area contributed by atoms with E-state index in [4.69, 9.17) is 16.3 Å². The molecule has 2 heterocycles. The van der Waals surface area contributed by atoms with Gasteiger partial charge in [-0.25, -0.2) is 13.2 Å². The number of hydrogen-bond acceptors (Lipinski definition) is 7. The van der Waals surface area contributed by atoms with Crippen molar-refractivity contribution >= 4 is 45.1 Å². The number of carbonyl (C=O) groups excluding carboxylic acids is 1. The molecule has 1 aromatic carbocycles. The molecular formula is C24H28ClF3N4O7S. The second-order valence-corrected chi connectivity index (χ2v) is 12.3. The summed E-state index contributed by atoms with van der Waals surface area (Å²) in [4.78, 5) is 23.6. The molecule has 16 heteroatoms. The number of nitrogens with one attached hydrogen (secondary N) is 1. The molecule has 1 aliphatic heterocycles. The normalized spacial score (nSPS) is 18.5. The molecule has 2 aromatic rings. The van der Waals surface area contributed by atoms with Crippen LogP contribution in [-0.2, 0) is 26.1 Å². The molecule has 1 saturated carbocycles. The summed E-state index contributed by atoms with van der Waals surface area (Å²) in [6, 6.07) is 3.86. The average Bonchev–Trinajstić information content (AvgIpc) is 3.61. The molecule has 2 N–H and O–H groups in total. The van der Waals surface area contributed by atoms with Crippen molar-refractivity contribution in [3.8, 4) is 5.75 Å². The molecule has 2 aliphatic rings. The summed E-state index contributed by atoms with van der Waals surface area (Å²) in [5, 5.41) is 15.4. The summed E-state index contributed by atoms with van der Waals surface area (Å²) in [6.45, 7) is 3.19. The van der Waals surface area contributed by atoms with Crippen LogP contribution in [0.4, 0.5) is 29.3 Å². The van der Waals surface area contributed by atoms with Crippen molar-refractivity contribution in [1.82, 2.24) is 9.78 Å². The molecule has 11 nitrogen and oxygen atoms in total. The number of sulfonamides is 1. The quantitative estimate of drug-likeness (QED) is 0.410. The van der Waals surface area contributed by atoms with Gasteiger partial charge in [-0.1, -0.05) is 11.6 Å². The first-order valence-electron chi connectivity index (χ1n) is 12.4. The van der Waals surface area contributed by atoms with Gasteiger partial charge in [0, 0.05) is 24.3 Å². The van der Waals surface area contributed by atoms with Crippen molar-refractivity contribution in [2.75, 3.05) is 16.2 Å². The Kier molecular flexibility index (Phi) is 7.93. The summed E-state index contributed by atoms with van der Waals surface area (Å²) >= 11 is 6.17. The fourth-order valence-electron chi connectivity index (χ4n) is 4.40. The highest BCUT2D eigenvalue weighted by atomic mass is 35.5.